The van der Waals surface area contributed by atoms with Gasteiger partial charge in [0.1, 0.15) is 5.75 Å². The van der Waals surface area contributed by atoms with Gasteiger partial charge in [0.05, 0.1) is 31.2 Å². The number of piperidine rings is 1. The third-order valence-electron chi connectivity index (χ3n) is 10.3. The van der Waals surface area contributed by atoms with Crippen LogP contribution in [0, 0.1) is 17.8 Å². The van der Waals surface area contributed by atoms with Crippen LogP contribution in [-0.4, -0.2) is 80.5 Å². The fourth-order valence-corrected chi connectivity index (χ4v) is 7.96. The minimum atomic E-state index is -0.974. The number of amides is 2. The average Bonchev–Trinajstić information content (AvgIpc) is 3.33. The van der Waals surface area contributed by atoms with Crippen LogP contribution >= 0.6 is 0 Å². The molecule has 2 aliphatic heterocycles. The lowest BCUT2D eigenvalue weighted by Crippen LogP contribution is -2.47. The molecule has 0 bridgehead atoms. The van der Waals surface area contributed by atoms with E-state index in [1.807, 2.05) is 61.5 Å². The van der Waals surface area contributed by atoms with E-state index in [1.54, 1.807) is 6.07 Å². The molecule has 4 N–H and O–H groups in total. The van der Waals surface area contributed by atoms with E-state index in [2.05, 4.69) is 17.0 Å². The Labute approximate surface area is 270 Å². The molecule has 2 saturated heterocycles. The maximum Gasteiger partial charge on any atom is 0.234 e. The van der Waals surface area contributed by atoms with Crippen LogP contribution in [0.3, 0.4) is 0 Å². The lowest BCUT2D eigenvalue weighted by Gasteiger charge is -2.36. The molecule has 3 aromatic carbocycles. The average molecular weight is 625 g/mol. The van der Waals surface area contributed by atoms with Gasteiger partial charge < -0.3 is 20.4 Å². The van der Waals surface area contributed by atoms with Gasteiger partial charge in [-0.25, -0.2) is 0 Å². The predicted octanol–water partition coefficient (Wildman–Crippen LogP) is 4.66. The van der Waals surface area contributed by atoms with E-state index < -0.39 is 23.9 Å². The molecule has 6 rings (SSSR count). The summed E-state index contributed by atoms with van der Waals surface area (Å²) >= 11 is 0. The molecule has 0 aromatic heterocycles. The summed E-state index contributed by atoms with van der Waals surface area (Å²) in [6, 6.07) is 21.3. The molecule has 2 amide bonds. The third-order valence-corrected chi connectivity index (χ3v) is 10.3. The van der Waals surface area contributed by atoms with Crippen molar-refractivity contribution in [3.63, 3.8) is 0 Å². The first kappa shape index (κ1) is 32.1. The van der Waals surface area contributed by atoms with Crippen LogP contribution in [-0.2, 0) is 16.1 Å². The Morgan fingerprint density at radius 1 is 0.935 bits per heavy atom. The van der Waals surface area contributed by atoms with Crippen molar-refractivity contribution >= 4 is 28.7 Å². The molecule has 242 valence electrons. The Kier molecular flexibility index (Phi) is 9.70. The number of fused-ring (bicyclic) bond motifs is 2. The number of imide groups is 1. The molecular formula is C38H44N2O6. The molecule has 2 fully saturated rings. The number of hydrogen-bond acceptors (Lipinski definition) is 7. The molecule has 8 heteroatoms. The maximum atomic E-state index is 13.9. The predicted molar refractivity (Wildman–Crippen MR) is 177 cm³/mol. The van der Waals surface area contributed by atoms with Gasteiger partial charge in [-0.05, 0) is 72.8 Å². The van der Waals surface area contributed by atoms with Gasteiger partial charge in [0.25, 0.3) is 0 Å². The first-order valence-electron chi connectivity index (χ1n) is 16.4. The summed E-state index contributed by atoms with van der Waals surface area (Å²) < 4.78 is 0. The standard InChI is InChI=1S/C38H44N2O6/c1-24(19-26-12-14-33(43)30-10-6-5-9-29(26)30)11-13-34(44)35-27(22-41)20-31-36(32(35)23-42)38(46)40(37(31)45)28-15-17-39(18-16-28)21-25-7-3-2-4-8-25/h2-10,12,14,19,28,31-32,34,36,41-44H,11,13,15-18,20-23H2,1H3/b24-19+/t31-,32+,34-,36-/m1/s1. The molecule has 0 radical (unpaired) electrons. The van der Waals surface area contributed by atoms with E-state index in [0.717, 1.165) is 41.5 Å². The zero-order chi connectivity index (χ0) is 32.4. The number of phenolic OH excluding ortho intramolecular Hbond substituents is 1. The lowest BCUT2D eigenvalue weighted by atomic mass is 9.68. The molecule has 0 saturated carbocycles. The van der Waals surface area contributed by atoms with Gasteiger partial charge in [0.2, 0.25) is 11.8 Å². The van der Waals surface area contributed by atoms with Crippen molar-refractivity contribution in [1.29, 1.82) is 0 Å². The summed E-state index contributed by atoms with van der Waals surface area (Å²) in [5.74, 6) is -2.33. The number of nitrogens with zero attached hydrogens (tertiary/aromatic N) is 2. The van der Waals surface area contributed by atoms with E-state index in [0.29, 0.717) is 36.8 Å². The SMILES string of the molecule is C/C(=C\c1ccc(O)c2ccccc12)CC[C@@H](O)C1=C(CO)C[C@H]2C(=O)N(C3CCN(Cc4ccccc4)CC3)C(=O)[C@H]2[C@H]1CO. The van der Waals surface area contributed by atoms with E-state index in [9.17, 15) is 30.0 Å². The van der Waals surface area contributed by atoms with Crippen molar-refractivity contribution in [3.05, 3.63) is 94.6 Å². The second kappa shape index (κ2) is 13.9. The highest BCUT2D eigenvalue weighted by Crippen LogP contribution is 2.47. The van der Waals surface area contributed by atoms with Crippen molar-refractivity contribution < 1.29 is 30.0 Å². The van der Waals surface area contributed by atoms with Gasteiger partial charge >= 0.3 is 0 Å². The van der Waals surface area contributed by atoms with Crippen LogP contribution in [0.15, 0.2) is 83.4 Å². The van der Waals surface area contributed by atoms with Gasteiger partial charge in [-0.1, -0.05) is 72.3 Å². The monoisotopic (exact) mass is 624 g/mol. The Balaban J connectivity index is 1.14. The molecule has 3 aromatic rings. The highest BCUT2D eigenvalue weighted by molar-refractivity contribution is 6.06. The smallest absolute Gasteiger partial charge is 0.234 e. The van der Waals surface area contributed by atoms with E-state index in [4.69, 9.17) is 0 Å². The number of aromatic hydroxyl groups is 1. The second-order valence-electron chi connectivity index (χ2n) is 13.1. The number of phenols is 1. The number of aliphatic hydroxyl groups is 3. The summed E-state index contributed by atoms with van der Waals surface area (Å²) in [7, 11) is 0. The number of carbonyl (C=O) groups is 2. The summed E-state index contributed by atoms with van der Waals surface area (Å²) in [4.78, 5) is 31.5. The van der Waals surface area contributed by atoms with Crippen molar-refractivity contribution in [1.82, 2.24) is 9.80 Å². The first-order chi connectivity index (χ1) is 22.3. The molecule has 0 spiro atoms. The number of carbonyl (C=O) groups excluding carboxylic acids is 2. The normalized spacial score (nSPS) is 23.8. The first-order valence-corrected chi connectivity index (χ1v) is 16.4. The van der Waals surface area contributed by atoms with Crippen molar-refractivity contribution in [2.24, 2.45) is 17.8 Å². The number of aliphatic hydroxyl groups excluding tert-OH is 3. The quantitative estimate of drug-likeness (QED) is 0.191. The number of likely N-dealkylation sites (tertiary alicyclic amines) is 2. The van der Waals surface area contributed by atoms with Crippen molar-refractivity contribution in [3.8, 4) is 5.75 Å². The third kappa shape index (κ3) is 6.27. The van der Waals surface area contributed by atoms with E-state index in [1.165, 1.54) is 10.5 Å². The zero-order valence-corrected chi connectivity index (χ0v) is 26.4. The summed E-state index contributed by atoms with van der Waals surface area (Å²) in [6.45, 7) is 3.67. The molecule has 46 heavy (non-hydrogen) atoms. The Morgan fingerprint density at radius 2 is 1.63 bits per heavy atom. The Morgan fingerprint density at radius 3 is 2.33 bits per heavy atom. The van der Waals surface area contributed by atoms with Crippen LogP contribution in [0.1, 0.15) is 50.2 Å². The Bertz CT molecular complexity index is 1640. The number of rotatable bonds is 10. The van der Waals surface area contributed by atoms with Crippen molar-refractivity contribution in [2.45, 2.75) is 57.7 Å². The van der Waals surface area contributed by atoms with Crippen LogP contribution in [0.4, 0.5) is 0 Å². The number of allylic oxidation sites excluding steroid dienone is 1. The lowest BCUT2D eigenvalue weighted by molar-refractivity contribution is -0.144. The minimum absolute atomic E-state index is 0.188. The summed E-state index contributed by atoms with van der Waals surface area (Å²) in [5.41, 5.74) is 4.28. The summed E-state index contributed by atoms with van der Waals surface area (Å²) in [6.07, 6.45) is 3.57. The molecule has 3 aliphatic rings. The fourth-order valence-electron chi connectivity index (χ4n) is 7.96. The zero-order valence-electron chi connectivity index (χ0n) is 26.4. The maximum absolute atomic E-state index is 13.9. The van der Waals surface area contributed by atoms with Crippen LogP contribution < -0.4 is 0 Å². The fraction of sp³-hybridized carbons (Fsp3) is 0.421. The highest BCUT2D eigenvalue weighted by Gasteiger charge is 2.56. The highest BCUT2D eigenvalue weighted by atomic mass is 16.3. The Hall–Kier alpha value is -3.82. The van der Waals surface area contributed by atoms with Gasteiger partial charge in [-0.2, -0.15) is 0 Å². The second-order valence-corrected chi connectivity index (χ2v) is 13.1. The molecular weight excluding hydrogens is 580 g/mol. The molecule has 8 nitrogen and oxygen atoms in total. The van der Waals surface area contributed by atoms with Crippen LogP contribution in [0.25, 0.3) is 16.8 Å². The topological polar surface area (TPSA) is 122 Å². The minimum Gasteiger partial charge on any atom is -0.507 e. The van der Waals surface area contributed by atoms with Gasteiger partial charge in [-0.3, -0.25) is 19.4 Å². The molecule has 4 atom stereocenters. The van der Waals surface area contributed by atoms with Crippen molar-refractivity contribution in [2.75, 3.05) is 26.3 Å². The van der Waals surface area contributed by atoms with E-state index in [-0.39, 0.29) is 43.2 Å². The van der Waals surface area contributed by atoms with Gasteiger partial charge in [0, 0.05) is 37.0 Å². The number of benzene rings is 3. The van der Waals surface area contributed by atoms with Crippen LogP contribution in [0.2, 0.25) is 0 Å². The van der Waals surface area contributed by atoms with Gasteiger partial charge in [0.15, 0.2) is 0 Å². The van der Waals surface area contributed by atoms with Gasteiger partial charge in [-0.15, -0.1) is 0 Å². The summed E-state index contributed by atoms with van der Waals surface area (Å²) in [5, 5.41) is 44.4. The molecule has 0 unspecified atom stereocenters. The van der Waals surface area contributed by atoms with Crippen LogP contribution in [0.5, 0.6) is 5.75 Å². The molecule has 2 heterocycles. The number of hydrogen-bond donors (Lipinski definition) is 4. The molecule has 1 aliphatic carbocycles. The van der Waals surface area contributed by atoms with E-state index >= 15 is 0 Å². The largest absolute Gasteiger partial charge is 0.507 e.